The number of nitrogens with zero attached hydrogens (tertiary/aromatic N) is 2. The van der Waals surface area contributed by atoms with Crippen LogP contribution in [0.2, 0.25) is 0 Å². The molecule has 0 radical (unpaired) electrons. The predicted octanol–water partition coefficient (Wildman–Crippen LogP) is 2.65. The maximum atomic E-state index is 4.10. The van der Waals surface area contributed by atoms with Gasteiger partial charge in [-0.15, -0.1) is 0 Å². The van der Waals surface area contributed by atoms with E-state index in [0.29, 0.717) is 0 Å². The van der Waals surface area contributed by atoms with E-state index in [0.717, 1.165) is 11.4 Å². The van der Waals surface area contributed by atoms with Gasteiger partial charge in [-0.1, -0.05) is 36.4 Å². The Morgan fingerprint density at radius 3 is 1.20 bits per heavy atom. The largest absolute Gasteiger partial charge is 0.151 e. The van der Waals surface area contributed by atoms with Crippen LogP contribution in [0.5, 0.6) is 0 Å². The van der Waals surface area contributed by atoms with Crippen molar-refractivity contribution in [3.8, 4) is 0 Å². The first-order valence-electron chi connectivity index (χ1n) is 4.47. The van der Waals surface area contributed by atoms with Crippen LogP contribution in [0.4, 0.5) is 11.4 Å². The van der Waals surface area contributed by atoms with E-state index in [1.165, 1.54) is 0 Å². The summed E-state index contributed by atoms with van der Waals surface area (Å²) in [7, 11) is 0. The molecule has 0 spiro atoms. The number of hydrogen-bond donors (Lipinski definition) is 0. The van der Waals surface area contributed by atoms with Crippen LogP contribution in [0, 0.1) is 0 Å². The Hall–Kier alpha value is -1.74. The molecule has 0 saturated heterocycles. The van der Waals surface area contributed by atoms with Crippen molar-refractivity contribution in [1.29, 1.82) is 0 Å². The van der Waals surface area contributed by atoms with Gasteiger partial charge in [0.2, 0.25) is 0 Å². The molecule has 0 amide bonds. The summed E-state index contributed by atoms with van der Waals surface area (Å²) < 4.78 is 0. The molecule has 0 aliphatic carbocycles. The van der Waals surface area contributed by atoms with Gasteiger partial charge in [-0.3, -0.25) is 0 Å². The normalized spacial score (nSPS) is 9.87. The zero-order chi connectivity index (χ0) is 9.64. The minimum Gasteiger partial charge on any atom is -0.151 e. The molecule has 76 valence electrons. The van der Waals surface area contributed by atoms with Crippen LogP contribution in [0.25, 0.3) is 0 Å². The quantitative estimate of drug-likeness (QED) is 0.542. The van der Waals surface area contributed by atoms with Gasteiger partial charge in [-0.2, -0.15) is 10.2 Å². The lowest BCUT2D eigenvalue weighted by Crippen LogP contribution is -1.62. The summed E-state index contributed by atoms with van der Waals surface area (Å²) in [5.74, 6) is 0. The molecule has 0 aliphatic heterocycles. The van der Waals surface area contributed by atoms with Crippen molar-refractivity contribution in [2.24, 2.45) is 10.2 Å². The van der Waals surface area contributed by atoms with Crippen molar-refractivity contribution in [3.63, 3.8) is 0 Å². The van der Waals surface area contributed by atoms with Gasteiger partial charge in [-0.25, -0.2) is 0 Å². The molecule has 0 saturated carbocycles. The lowest BCUT2D eigenvalue weighted by atomic mass is 10.3. The van der Waals surface area contributed by atoms with Gasteiger partial charge in [0.1, 0.15) is 0 Å². The van der Waals surface area contributed by atoms with Crippen molar-refractivity contribution in [2.75, 3.05) is 0 Å². The van der Waals surface area contributed by atoms with E-state index in [1.807, 2.05) is 60.7 Å². The third-order valence-corrected chi connectivity index (χ3v) is 1.79. The molecule has 3 heteroatoms. The second-order valence-corrected chi connectivity index (χ2v) is 2.87. The third-order valence-electron chi connectivity index (χ3n) is 1.79. The van der Waals surface area contributed by atoms with E-state index in [2.05, 4.69) is 10.2 Å². The molecule has 0 aromatic heterocycles. The molecule has 0 aliphatic rings. The van der Waals surface area contributed by atoms with Crippen molar-refractivity contribution in [1.82, 2.24) is 0 Å². The molecule has 2 rings (SSSR count). The maximum Gasteiger partial charge on any atom is 0.0857 e. The number of azo groups is 1. The first-order valence-corrected chi connectivity index (χ1v) is 4.47. The molecule has 2 aromatic carbocycles. The van der Waals surface area contributed by atoms with E-state index >= 15 is 0 Å². The average molecular weight is 214 g/mol. The van der Waals surface area contributed by atoms with Gasteiger partial charge in [0.05, 0.1) is 11.4 Å². The summed E-state index contributed by atoms with van der Waals surface area (Å²) in [6.45, 7) is 0. The predicted molar refractivity (Wildman–Crippen MR) is 68.4 cm³/mol. The zero-order valence-electron chi connectivity index (χ0n) is 7.67. The molecule has 2 aromatic rings. The molecular formula is C12H14N2Si. The fourth-order valence-electron chi connectivity index (χ4n) is 1.10. The molecule has 2 nitrogen and oxygen atoms in total. The number of rotatable bonds is 2. The van der Waals surface area contributed by atoms with Crippen LogP contribution in [0.15, 0.2) is 70.9 Å². The molecule has 0 heterocycles. The summed E-state index contributed by atoms with van der Waals surface area (Å²) in [4.78, 5) is 0. The molecule has 0 atom stereocenters. The van der Waals surface area contributed by atoms with Crippen molar-refractivity contribution in [2.45, 2.75) is 0 Å². The first kappa shape index (κ1) is 11.3. The lowest BCUT2D eigenvalue weighted by Gasteiger charge is -1.91. The smallest absolute Gasteiger partial charge is 0.0857 e. The highest BCUT2D eigenvalue weighted by Crippen LogP contribution is 2.16. The Kier molecular flexibility index (Phi) is 4.44. The molecule has 0 N–H and O–H groups in total. The molecule has 0 unspecified atom stereocenters. The first-order chi connectivity index (χ1) is 6.95. The van der Waals surface area contributed by atoms with Crippen LogP contribution in [-0.4, -0.2) is 11.0 Å². The van der Waals surface area contributed by atoms with E-state index in [1.54, 1.807) is 0 Å². The minimum absolute atomic E-state index is 0. The Morgan fingerprint density at radius 2 is 0.867 bits per heavy atom. The Balaban J connectivity index is 0.00000112. The minimum atomic E-state index is 0. The van der Waals surface area contributed by atoms with Crippen LogP contribution >= 0.6 is 0 Å². The van der Waals surface area contributed by atoms with Gasteiger partial charge >= 0.3 is 0 Å². The van der Waals surface area contributed by atoms with Gasteiger partial charge in [-0.05, 0) is 35.2 Å². The van der Waals surface area contributed by atoms with E-state index in [4.69, 9.17) is 0 Å². The molecule has 0 bridgehead atoms. The van der Waals surface area contributed by atoms with Gasteiger partial charge in [0.25, 0.3) is 0 Å². The number of benzene rings is 2. The topological polar surface area (TPSA) is 24.7 Å². The maximum absolute atomic E-state index is 4.10. The molecule has 0 fully saturated rings. The second kappa shape index (κ2) is 5.88. The highest BCUT2D eigenvalue weighted by Gasteiger charge is 1.86. The standard InChI is InChI=1S/C12H10N2.H4Si/c1-3-7-11(8-4-1)13-14-12-9-5-2-6-10-12;/h1-10H;1H4/b14-13+;. The van der Waals surface area contributed by atoms with Crippen LogP contribution in [0.1, 0.15) is 0 Å². The summed E-state index contributed by atoms with van der Waals surface area (Å²) in [6, 6.07) is 19.4. The Labute approximate surface area is 93.7 Å². The third kappa shape index (κ3) is 3.48. The van der Waals surface area contributed by atoms with Gasteiger partial charge in [0.15, 0.2) is 0 Å². The molecular weight excluding hydrogens is 200 g/mol. The van der Waals surface area contributed by atoms with Crippen molar-refractivity contribution in [3.05, 3.63) is 60.7 Å². The highest BCUT2D eigenvalue weighted by atomic mass is 28.1. The highest BCUT2D eigenvalue weighted by molar-refractivity contribution is 5.75. The second-order valence-electron chi connectivity index (χ2n) is 2.87. The van der Waals surface area contributed by atoms with Crippen LogP contribution in [-0.2, 0) is 0 Å². The van der Waals surface area contributed by atoms with E-state index < -0.39 is 0 Å². The monoisotopic (exact) mass is 214 g/mol. The Bertz CT molecular complexity index is 371. The summed E-state index contributed by atoms with van der Waals surface area (Å²) in [5.41, 5.74) is 1.74. The average Bonchev–Trinajstić information content (AvgIpc) is 2.29. The number of hydrogen-bond acceptors (Lipinski definition) is 2. The SMILES string of the molecule is [SiH4].c1ccc(/N=N/c2ccccc2)cc1. The summed E-state index contributed by atoms with van der Waals surface area (Å²) >= 11 is 0. The van der Waals surface area contributed by atoms with Gasteiger partial charge < -0.3 is 0 Å². The van der Waals surface area contributed by atoms with Crippen LogP contribution in [0.3, 0.4) is 0 Å². The fraction of sp³-hybridized carbons (Fsp3) is 0. The zero-order valence-corrected chi connectivity index (χ0v) is 7.67. The lowest BCUT2D eigenvalue weighted by molar-refractivity contribution is 1.23. The van der Waals surface area contributed by atoms with Gasteiger partial charge in [0, 0.05) is 0 Å². The fourth-order valence-corrected chi connectivity index (χ4v) is 1.10. The van der Waals surface area contributed by atoms with Crippen molar-refractivity contribution >= 4 is 22.3 Å². The van der Waals surface area contributed by atoms with E-state index in [9.17, 15) is 0 Å². The van der Waals surface area contributed by atoms with Crippen LogP contribution < -0.4 is 0 Å². The van der Waals surface area contributed by atoms with E-state index in [-0.39, 0.29) is 11.0 Å². The summed E-state index contributed by atoms with van der Waals surface area (Å²) in [6.07, 6.45) is 0. The summed E-state index contributed by atoms with van der Waals surface area (Å²) in [5, 5.41) is 8.20. The Morgan fingerprint density at radius 1 is 0.533 bits per heavy atom. The molecule has 15 heavy (non-hydrogen) atoms. The van der Waals surface area contributed by atoms with Crippen molar-refractivity contribution < 1.29 is 0 Å².